The summed E-state index contributed by atoms with van der Waals surface area (Å²) in [6.45, 7) is 3.87. The molecule has 2 heterocycles. The highest BCUT2D eigenvalue weighted by Crippen LogP contribution is 2.31. The van der Waals surface area contributed by atoms with Crippen molar-refractivity contribution >= 4 is 35.1 Å². The van der Waals surface area contributed by atoms with Gasteiger partial charge in [0.25, 0.3) is 0 Å². The molecule has 0 bridgehead atoms. The lowest BCUT2D eigenvalue weighted by atomic mass is 10.0. The van der Waals surface area contributed by atoms with Gasteiger partial charge in [0.2, 0.25) is 5.91 Å². The van der Waals surface area contributed by atoms with Gasteiger partial charge in [-0.15, -0.1) is 0 Å². The maximum absolute atomic E-state index is 12.2. The third-order valence-electron chi connectivity index (χ3n) is 4.14. The van der Waals surface area contributed by atoms with Crippen molar-refractivity contribution < 1.29 is 9.21 Å². The van der Waals surface area contributed by atoms with Crippen LogP contribution < -0.4 is 11.1 Å². The van der Waals surface area contributed by atoms with E-state index in [0.717, 1.165) is 16.8 Å². The van der Waals surface area contributed by atoms with Crippen LogP contribution in [0, 0.1) is 0 Å². The lowest BCUT2D eigenvalue weighted by molar-refractivity contribution is -0.119. The zero-order valence-corrected chi connectivity index (χ0v) is 17.2. The molecule has 1 amide bonds. The van der Waals surface area contributed by atoms with Gasteiger partial charge in [0.1, 0.15) is 11.6 Å². The number of thioether (sulfide) groups is 1. The van der Waals surface area contributed by atoms with E-state index in [1.165, 1.54) is 11.8 Å². The molecule has 0 saturated carbocycles. The summed E-state index contributed by atoms with van der Waals surface area (Å²) in [5, 5.41) is 4.02. The highest BCUT2D eigenvalue weighted by Gasteiger charge is 2.16. The third-order valence-corrected chi connectivity index (χ3v) is 5.24. The van der Waals surface area contributed by atoms with Crippen molar-refractivity contribution in [1.82, 2.24) is 15.3 Å². The first-order valence-electron chi connectivity index (χ1n) is 8.85. The molecule has 1 unspecified atom stereocenters. The molecular formula is C20H21ClN4O2S. The summed E-state index contributed by atoms with van der Waals surface area (Å²) in [7, 11) is 0. The molecule has 0 aliphatic heterocycles. The van der Waals surface area contributed by atoms with Crippen LogP contribution in [0.1, 0.15) is 31.3 Å². The van der Waals surface area contributed by atoms with Crippen molar-refractivity contribution in [3.63, 3.8) is 0 Å². The van der Waals surface area contributed by atoms with Crippen molar-refractivity contribution in [2.75, 3.05) is 11.5 Å². The van der Waals surface area contributed by atoms with Crippen molar-refractivity contribution in [1.29, 1.82) is 0 Å². The lowest BCUT2D eigenvalue weighted by Crippen LogP contribution is -2.28. The first-order valence-corrected chi connectivity index (χ1v) is 10.2. The van der Waals surface area contributed by atoms with Crippen LogP contribution in [-0.4, -0.2) is 21.6 Å². The van der Waals surface area contributed by atoms with Gasteiger partial charge >= 0.3 is 0 Å². The van der Waals surface area contributed by atoms with Gasteiger partial charge in [-0.3, -0.25) is 4.79 Å². The average Bonchev–Trinajstić information content (AvgIpc) is 3.22. The normalized spacial score (nSPS) is 12.0. The Balaban J connectivity index is 1.70. The first kappa shape index (κ1) is 20.2. The molecule has 146 valence electrons. The van der Waals surface area contributed by atoms with E-state index in [4.69, 9.17) is 21.8 Å². The minimum Gasteiger partial charge on any atom is -0.467 e. The quantitative estimate of drug-likeness (QED) is 0.435. The molecule has 28 heavy (non-hydrogen) atoms. The number of nitrogens with two attached hydrogens (primary N) is 1. The molecule has 0 aliphatic carbocycles. The number of nitrogens with zero attached hydrogens (tertiary/aromatic N) is 2. The number of nitrogen functional groups attached to an aromatic ring is 1. The number of furan rings is 1. The van der Waals surface area contributed by atoms with Crippen LogP contribution in [0.15, 0.2) is 52.2 Å². The van der Waals surface area contributed by atoms with Gasteiger partial charge < -0.3 is 15.5 Å². The van der Waals surface area contributed by atoms with Crippen LogP contribution >= 0.6 is 23.4 Å². The SMILES string of the molecule is CCc1nc(SCC(=O)NC(C)c2ccco2)nc(N)c1-c1ccc(Cl)cc1. The standard InChI is InChI=1S/C20H21ClN4O2S/c1-3-15-18(13-6-8-14(21)9-7-13)19(22)25-20(24-15)28-11-17(26)23-12(2)16-5-4-10-27-16/h4-10,12H,3,11H2,1-2H3,(H,23,26)(H2,22,24,25). The van der Waals surface area contributed by atoms with E-state index in [1.54, 1.807) is 12.3 Å². The second kappa shape index (κ2) is 9.12. The molecule has 1 atom stereocenters. The Morgan fingerprint density at radius 3 is 2.68 bits per heavy atom. The van der Waals surface area contributed by atoms with Gasteiger partial charge in [-0.05, 0) is 43.2 Å². The van der Waals surface area contributed by atoms with E-state index in [9.17, 15) is 4.79 Å². The second-order valence-electron chi connectivity index (χ2n) is 6.17. The van der Waals surface area contributed by atoms with Crippen molar-refractivity contribution in [2.45, 2.75) is 31.5 Å². The van der Waals surface area contributed by atoms with E-state index in [0.29, 0.717) is 28.2 Å². The lowest BCUT2D eigenvalue weighted by Gasteiger charge is -2.13. The van der Waals surface area contributed by atoms with Gasteiger partial charge in [-0.25, -0.2) is 9.97 Å². The van der Waals surface area contributed by atoms with E-state index in [2.05, 4.69) is 15.3 Å². The van der Waals surface area contributed by atoms with Gasteiger partial charge in [-0.1, -0.05) is 42.4 Å². The Morgan fingerprint density at radius 2 is 2.04 bits per heavy atom. The molecule has 3 rings (SSSR count). The number of aryl methyl sites for hydroxylation is 1. The number of nitrogens with one attached hydrogen (secondary N) is 1. The summed E-state index contributed by atoms with van der Waals surface area (Å²) in [5.74, 6) is 1.16. The minimum absolute atomic E-state index is 0.129. The van der Waals surface area contributed by atoms with Crippen LogP contribution in [-0.2, 0) is 11.2 Å². The summed E-state index contributed by atoms with van der Waals surface area (Å²) < 4.78 is 5.30. The topological polar surface area (TPSA) is 94.0 Å². The molecular weight excluding hydrogens is 396 g/mol. The molecule has 6 nitrogen and oxygen atoms in total. The number of carbonyl (C=O) groups excluding carboxylic acids is 1. The fourth-order valence-electron chi connectivity index (χ4n) is 2.78. The fraction of sp³-hybridized carbons (Fsp3) is 0.250. The van der Waals surface area contributed by atoms with Gasteiger partial charge in [0, 0.05) is 10.6 Å². The average molecular weight is 417 g/mol. The summed E-state index contributed by atoms with van der Waals surface area (Å²) in [4.78, 5) is 21.2. The molecule has 0 aliphatic rings. The van der Waals surface area contributed by atoms with Gasteiger partial charge in [0.15, 0.2) is 5.16 Å². The second-order valence-corrected chi connectivity index (χ2v) is 7.55. The zero-order chi connectivity index (χ0) is 20.1. The summed E-state index contributed by atoms with van der Waals surface area (Å²) in [6, 6.07) is 10.8. The van der Waals surface area contributed by atoms with Crippen molar-refractivity contribution in [3.8, 4) is 11.1 Å². The van der Waals surface area contributed by atoms with Crippen molar-refractivity contribution in [3.05, 3.63) is 59.1 Å². The highest BCUT2D eigenvalue weighted by atomic mass is 35.5. The monoisotopic (exact) mass is 416 g/mol. The van der Waals surface area contributed by atoms with Crippen LogP contribution in [0.25, 0.3) is 11.1 Å². The minimum atomic E-state index is -0.201. The van der Waals surface area contributed by atoms with E-state index in [-0.39, 0.29) is 17.7 Å². The Labute approximate surface area is 172 Å². The van der Waals surface area contributed by atoms with E-state index >= 15 is 0 Å². The van der Waals surface area contributed by atoms with E-state index in [1.807, 2.05) is 44.2 Å². The molecule has 2 aromatic heterocycles. The number of halogens is 1. The molecule has 0 saturated heterocycles. The Bertz CT molecular complexity index is 946. The predicted octanol–water partition coefficient (Wildman–Crippen LogP) is 4.50. The maximum Gasteiger partial charge on any atom is 0.231 e. The molecule has 8 heteroatoms. The molecule has 1 aromatic carbocycles. The number of hydrogen-bond acceptors (Lipinski definition) is 6. The Morgan fingerprint density at radius 1 is 1.29 bits per heavy atom. The largest absolute Gasteiger partial charge is 0.467 e. The Kier molecular flexibility index (Phi) is 6.59. The predicted molar refractivity (Wildman–Crippen MR) is 112 cm³/mol. The maximum atomic E-state index is 12.2. The highest BCUT2D eigenvalue weighted by molar-refractivity contribution is 7.99. The molecule has 0 fully saturated rings. The molecule has 3 aromatic rings. The van der Waals surface area contributed by atoms with E-state index < -0.39 is 0 Å². The van der Waals surface area contributed by atoms with Crippen LogP contribution in [0.2, 0.25) is 5.02 Å². The van der Waals surface area contributed by atoms with Gasteiger partial charge in [0.05, 0.1) is 23.8 Å². The Hall–Kier alpha value is -2.51. The summed E-state index contributed by atoms with van der Waals surface area (Å²) in [5.41, 5.74) is 8.77. The number of benzene rings is 1. The number of anilines is 1. The summed E-state index contributed by atoms with van der Waals surface area (Å²) >= 11 is 7.22. The van der Waals surface area contributed by atoms with Crippen molar-refractivity contribution in [2.24, 2.45) is 0 Å². The smallest absolute Gasteiger partial charge is 0.231 e. The third kappa shape index (κ3) is 4.85. The number of carbonyl (C=O) groups is 1. The number of rotatable bonds is 7. The molecule has 3 N–H and O–H groups in total. The molecule has 0 radical (unpaired) electrons. The van der Waals surface area contributed by atoms with Crippen LogP contribution in [0.5, 0.6) is 0 Å². The first-order chi connectivity index (χ1) is 13.5. The van der Waals surface area contributed by atoms with Crippen LogP contribution in [0.4, 0.5) is 5.82 Å². The number of amides is 1. The van der Waals surface area contributed by atoms with Gasteiger partial charge in [-0.2, -0.15) is 0 Å². The number of aromatic nitrogens is 2. The van der Waals surface area contributed by atoms with Crippen LogP contribution in [0.3, 0.4) is 0 Å². The summed E-state index contributed by atoms with van der Waals surface area (Å²) in [6.07, 6.45) is 2.28. The zero-order valence-electron chi connectivity index (χ0n) is 15.6. The number of hydrogen-bond donors (Lipinski definition) is 2. The molecule has 0 spiro atoms. The fourth-order valence-corrected chi connectivity index (χ4v) is 3.58.